The highest BCUT2D eigenvalue weighted by molar-refractivity contribution is 7.98. The van der Waals surface area contributed by atoms with Gasteiger partial charge < -0.3 is 19.1 Å². The molecule has 1 N–H and O–H groups in total. The minimum absolute atomic E-state index is 0.117. The number of aliphatic carboxylic acids is 1. The summed E-state index contributed by atoms with van der Waals surface area (Å²) in [5.41, 5.74) is 0. The molecule has 0 spiro atoms. The molecule has 0 saturated heterocycles. The van der Waals surface area contributed by atoms with Gasteiger partial charge in [0.25, 0.3) is 0 Å². The van der Waals surface area contributed by atoms with E-state index in [-0.39, 0.29) is 13.0 Å². The van der Waals surface area contributed by atoms with Gasteiger partial charge in [-0.3, -0.25) is 4.79 Å². The van der Waals surface area contributed by atoms with Crippen molar-refractivity contribution in [2.75, 3.05) is 12.9 Å². The number of carbonyl (C=O) groups is 1. The van der Waals surface area contributed by atoms with Crippen molar-refractivity contribution in [2.24, 2.45) is 0 Å². The van der Waals surface area contributed by atoms with E-state index >= 15 is 0 Å². The molecule has 0 unspecified atom stereocenters. The lowest BCUT2D eigenvalue weighted by atomic mass is 10.3. The Morgan fingerprint density at radius 1 is 1.32 bits per heavy atom. The average Bonchev–Trinajstić information content (AvgIpc) is 2.98. The van der Waals surface area contributed by atoms with E-state index in [0.717, 1.165) is 5.75 Å². The summed E-state index contributed by atoms with van der Waals surface area (Å²) in [5.74, 6) is 2.54. The molecule has 118 valence electrons. The predicted octanol–water partition coefficient (Wildman–Crippen LogP) is 2.37. The second-order valence-corrected chi connectivity index (χ2v) is 5.37. The van der Waals surface area contributed by atoms with Gasteiger partial charge in [-0.05, 0) is 24.3 Å². The first kappa shape index (κ1) is 16.2. The van der Waals surface area contributed by atoms with Crippen molar-refractivity contribution in [1.82, 2.24) is 10.1 Å². The summed E-state index contributed by atoms with van der Waals surface area (Å²) < 4.78 is 15.7. The van der Waals surface area contributed by atoms with E-state index < -0.39 is 5.97 Å². The third kappa shape index (κ3) is 5.28. The minimum atomic E-state index is -0.813. The molecule has 1 aromatic heterocycles. The van der Waals surface area contributed by atoms with E-state index in [1.54, 1.807) is 31.4 Å². The molecule has 7 nitrogen and oxygen atoms in total. The molecule has 0 amide bonds. The molecule has 22 heavy (non-hydrogen) atoms. The molecule has 0 aliphatic heterocycles. The fourth-order valence-electron chi connectivity index (χ4n) is 1.55. The summed E-state index contributed by atoms with van der Waals surface area (Å²) in [7, 11) is 1.60. The number of thioether (sulfide) groups is 1. The molecule has 0 saturated carbocycles. The topological polar surface area (TPSA) is 94.7 Å². The van der Waals surface area contributed by atoms with Gasteiger partial charge in [0, 0.05) is 5.75 Å². The van der Waals surface area contributed by atoms with Crippen molar-refractivity contribution in [3.05, 3.63) is 36.0 Å². The summed E-state index contributed by atoms with van der Waals surface area (Å²) in [5, 5.41) is 12.4. The molecule has 0 aliphatic carbocycles. The van der Waals surface area contributed by atoms with Gasteiger partial charge in [0.1, 0.15) is 11.5 Å². The fraction of sp³-hybridized carbons (Fsp3) is 0.357. The maximum Gasteiger partial charge on any atom is 0.304 e. The van der Waals surface area contributed by atoms with Crippen LogP contribution in [-0.4, -0.2) is 34.1 Å². The number of methoxy groups -OCH3 is 1. The number of carboxylic acid groups (broad SMARTS) is 1. The maximum atomic E-state index is 10.4. The monoisotopic (exact) mass is 324 g/mol. The van der Waals surface area contributed by atoms with Crippen LogP contribution in [0, 0.1) is 0 Å². The third-order valence-corrected chi connectivity index (χ3v) is 3.57. The number of carboxylic acids is 1. The Morgan fingerprint density at radius 3 is 2.73 bits per heavy atom. The van der Waals surface area contributed by atoms with Gasteiger partial charge in [-0.1, -0.05) is 5.16 Å². The number of hydrogen-bond donors (Lipinski definition) is 1. The summed E-state index contributed by atoms with van der Waals surface area (Å²) in [4.78, 5) is 14.6. The molecule has 0 bridgehead atoms. The van der Waals surface area contributed by atoms with Crippen LogP contribution in [-0.2, 0) is 17.2 Å². The molecule has 0 atom stereocenters. The first-order valence-electron chi connectivity index (χ1n) is 6.55. The zero-order valence-corrected chi connectivity index (χ0v) is 12.8. The molecular weight excluding hydrogens is 308 g/mol. The SMILES string of the molecule is COc1ccc(OCc2noc(CSCCC(=O)O)n2)cc1. The Hall–Kier alpha value is -2.22. The predicted molar refractivity (Wildman–Crippen MR) is 80.0 cm³/mol. The van der Waals surface area contributed by atoms with Crippen LogP contribution < -0.4 is 9.47 Å². The summed E-state index contributed by atoms with van der Waals surface area (Å²) in [6, 6.07) is 7.19. The van der Waals surface area contributed by atoms with E-state index in [2.05, 4.69) is 10.1 Å². The Kier molecular flexibility index (Phi) is 6.08. The second kappa shape index (κ2) is 8.28. The van der Waals surface area contributed by atoms with E-state index in [0.29, 0.717) is 29.0 Å². The average molecular weight is 324 g/mol. The number of rotatable bonds is 9. The highest BCUT2D eigenvalue weighted by Crippen LogP contribution is 2.18. The molecule has 0 aliphatic rings. The lowest BCUT2D eigenvalue weighted by Gasteiger charge is -2.04. The first-order valence-corrected chi connectivity index (χ1v) is 7.70. The largest absolute Gasteiger partial charge is 0.497 e. The van der Waals surface area contributed by atoms with E-state index in [9.17, 15) is 4.79 Å². The Balaban J connectivity index is 1.75. The molecule has 1 aromatic carbocycles. The van der Waals surface area contributed by atoms with Crippen molar-refractivity contribution >= 4 is 17.7 Å². The van der Waals surface area contributed by atoms with Crippen LogP contribution in [0.15, 0.2) is 28.8 Å². The van der Waals surface area contributed by atoms with Crippen molar-refractivity contribution in [1.29, 1.82) is 0 Å². The zero-order valence-electron chi connectivity index (χ0n) is 12.0. The maximum absolute atomic E-state index is 10.4. The van der Waals surface area contributed by atoms with Gasteiger partial charge in [0.2, 0.25) is 11.7 Å². The van der Waals surface area contributed by atoms with Crippen LogP contribution in [0.25, 0.3) is 0 Å². The van der Waals surface area contributed by atoms with Gasteiger partial charge in [-0.2, -0.15) is 16.7 Å². The lowest BCUT2D eigenvalue weighted by Crippen LogP contribution is -1.98. The van der Waals surface area contributed by atoms with Crippen molar-refractivity contribution in [3.8, 4) is 11.5 Å². The Morgan fingerprint density at radius 2 is 2.05 bits per heavy atom. The molecule has 2 aromatic rings. The third-order valence-electron chi connectivity index (χ3n) is 2.62. The second-order valence-electron chi connectivity index (χ2n) is 4.26. The van der Waals surface area contributed by atoms with Crippen LogP contribution >= 0.6 is 11.8 Å². The first-order chi connectivity index (χ1) is 10.7. The summed E-state index contributed by atoms with van der Waals surface area (Å²) in [6.45, 7) is 0.204. The van der Waals surface area contributed by atoms with Crippen LogP contribution in [0.3, 0.4) is 0 Å². The molecule has 2 rings (SSSR count). The van der Waals surface area contributed by atoms with E-state index in [1.165, 1.54) is 11.8 Å². The molecular formula is C14H16N2O5S. The smallest absolute Gasteiger partial charge is 0.304 e. The minimum Gasteiger partial charge on any atom is -0.497 e. The Bertz CT molecular complexity index is 600. The number of aromatic nitrogens is 2. The number of hydrogen-bond acceptors (Lipinski definition) is 7. The standard InChI is InChI=1S/C14H16N2O5S/c1-19-10-2-4-11(5-3-10)20-8-12-15-13(21-16-12)9-22-7-6-14(17)18/h2-5H,6-9H2,1H3,(H,17,18). The van der Waals surface area contributed by atoms with Crippen molar-refractivity contribution in [2.45, 2.75) is 18.8 Å². The number of benzene rings is 1. The molecule has 1 heterocycles. The number of nitrogens with zero attached hydrogens (tertiary/aromatic N) is 2. The van der Waals surface area contributed by atoms with Crippen LogP contribution in [0.2, 0.25) is 0 Å². The van der Waals surface area contributed by atoms with E-state index in [4.69, 9.17) is 19.1 Å². The van der Waals surface area contributed by atoms with Crippen LogP contribution in [0.4, 0.5) is 0 Å². The van der Waals surface area contributed by atoms with Crippen LogP contribution in [0.5, 0.6) is 11.5 Å². The van der Waals surface area contributed by atoms with Crippen molar-refractivity contribution < 1.29 is 23.9 Å². The summed E-state index contributed by atoms with van der Waals surface area (Å²) in [6.07, 6.45) is 0.117. The number of ether oxygens (including phenoxy) is 2. The van der Waals surface area contributed by atoms with Gasteiger partial charge >= 0.3 is 5.97 Å². The van der Waals surface area contributed by atoms with Gasteiger partial charge in [0.05, 0.1) is 19.3 Å². The molecule has 0 radical (unpaired) electrons. The normalized spacial score (nSPS) is 10.4. The van der Waals surface area contributed by atoms with Gasteiger partial charge in [-0.15, -0.1) is 0 Å². The molecule has 8 heteroatoms. The van der Waals surface area contributed by atoms with E-state index in [1.807, 2.05) is 0 Å². The quantitative estimate of drug-likeness (QED) is 0.702. The van der Waals surface area contributed by atoms with Gasteiger partial charge in [0.15, 0.2) is 6.61 Å². The van der Waals surface area contributed by atoms with Crippen molar-refractivity contribution in [3.63, 3.8) is 0 Å². The van der Waals surface area contributed by atoms with Gasteiger partial charge in [-0.25, -0.2) is 0 Å². The fourth-order valence-corrected chi connectivity index (χ4v) is 2.30. The molecule has 0 fully saturated rings. The lowest BCUT2D eigenvalue weighted by molar-refractivity contribution is -0.136. The zero-order chi connectivity index (χ0) is 15.8. The Labute approximate surface area is 131 Å². The highest BCUT2D eigenvalue weighted by atomic mass is 32.2. The van der Waals surface area contributed by atoms with Crippen LogP contribution in [0.1, 0.15) is 18.1 Å². The summed E-state index contributed by atoms with van der Waals surface area (Å²) >= 11 is 1.43. The highest BCUT2D eigenvalue weighted by Gasteiger charge is 2.08.